The molecule has 5 nitrogen and oxygen atoms in total. The van der Waals surface area contributed by atoms with E-state index in [9.17, 15) is 9.59 Å². The fraction of sp³-hybridized carbons (Fsp3) is 0.846. The standard InChI is InChI=1S/C13H25NO4/c1-2-10-18-11-12(15)14-9-7-5-3-4-6-8-13(16)17/h2-11H2,1H3,(H,14,15)(H,16,17). The van der Waals surface area contributed by atoms with Crippen molar-refractivity contribution in [2.75, 3.05) is 19.8 Å². The number of ether oxygens (including phenoxy) is 1. The van der Waals surface area contributed by atoms with E-state index >= 15 is 0 Å². The Balaban J connectivity index is 3.15. The molecular formula is C13H25NO4. The Morgan fingerprint density at radius 2 is 1.78 bits per heavy atom. The van der Waals surface area contributed by atoms with Gasteiger partial charge in [0, 0.05) is 19.6 Å². The quantitative estimate of drug-likeness (QED) is 0.525. The molecule has 0 aromatic heterocycles. The van der Waals surface area contributed by atoms with Crippen LogP contribution in [0.4, 0.5) is 0 Å². The molecule has 0 aliphatic rings. The second-order valence-corrected chi connectivity index (χ2v) is 4.31. The van der Waals surface area contributed by atoms with Crippen molar-refractivity contribution < 1.29 is 19.4 Å². The third-order valence-corrected chi connectivity index (χ3v) is 2.47. The number of hydrogen-bond acceptors (Lipinski definition) is 3. The summed E-state index contributed by atoms with van der Waals surface area (Å²) in [4.78, 5) is 21.5. The highest BCUT2D eigenvalue weighted by molar-refractivity contribution is 5.77. The molecule has 0 aromatic carbocycles. The van der Waals surface area contributed by atoms with Gasteiger partial charge in [-0.25, -0.2) is 0 Å². The topological polar surface area (TPSA) is 75.6 Å². The number of carbonyl (C=O) groups is 2. The van der Waals surface area contributed by atoms with Crippen LogP contribution in [0.3, 0.4) is 0 Å². The first-order chi connectivity index (χ1) is 8.66. The molecular weight excluding hydrogens is 234 g/mol. The first kappa shape index (κ1) is 16.9. The van der Waals surface area contributed by atoms with Crippen LogP contribution in [0.5, 0.6) is 0 Å². The number of carboxylic acids is 1. The van der Waals surface area contributed by atoms with Crippen LogP contribution in [0.15, 0.2) is 0 Å². The van der Waals surface area contributed by atoms with E-state index < -0.39 is 5.97 Å². The second kappa shape index (κ2) is 12.4. The maximum absolute atomic E-state index is 11.2. The molecule has 0 saturated carbocycles. The highest BCUT2D eigenvalue weighted by Crippen LogP contribution is 2.04. The van der Waals surface area contributed by atoms with Gasteiger partial charge in [-0.2, -0.15) is 0 Å². The second-order valence-electron chi connectivity index (χ2n) is 4.31. The molecule has 0 fully saturated rings. The third-order valence-electron chi connectivity index (χ3n) is 2.47. The summed E-state index contributed by atoms with van der Waals surface area (Å²) in [5.74, 6) is -0.788. The van der Waals surface area contributed by atoms with Gasteiger partial charge < -0.3 is 15.2 Å². The van der Waals surface area contributed by atoms with Crippen LogP contribution in [0.25, 0.3) is 0 Å². The van der Waals surface area contributed by atoms with Crippen molar-refractivity contribution in [1.82, 2.24) is 5.32 Å². The molecule has 0 spiro atoms. The van der Waals surface area contributed by atoms with E-state index in [1.165, 1.54) is 0 Å². The maximum Gasteiger partial charge on any atom is 0.303 e. The summed E-state index contributed by atoms with van der Waals surface area (Å²) < 4.78 is 5.11. The minimum absolute atomic E-state index is 0.0608. The van der Waals surface area contributed by atoms with Gasteiger partial charge in [0.25, 0.3) is 0 Å². The van der Waals surface area contributed by atoms with E-state index in [1.54, 1.807) is 0 Å². The number of carboxylic acid groups (broad SMARTS) is 1. The molecule has 0 bridgehead atoms. The fourth-order valence-electron chi connectivity index (χ4n) is 1.52. The average molecular weight is 259 g/mol. The summed E-state index contributed by atoms with van der Waals surface area (Å²) in [6.07, 6.45) is 5.85. The molecule has 0 radical (unpaired) electrons. The molecule has 0 saturated heterocycles. The minimum Gasteiger partial charge on any atom is -0.481 e. The van der Waals surface area contributed by atoms with Crippen molar-refractivity contribution in [2.45, 2.75) is 51.9 Å². The van der Waals surface area contributed by atoms with Crippen molar-refractivity contribution in [2.24, 2.45) is 0 Å². The van der Waals surface area contributed by atoms with Gasteiger partial charge in [0.2, 0.25) is 5.91 Å². The highest BCUT2D eigenvalue weighted by Gasteiger charge is 2.00. The number of amides is 1. The lowest BCUT2D eigenvalue weighted by molar-refractivity contribution is -0.137. The zero-order chi connectivity index (χ0) is 13.6. The molecule has 106 valence electrons. The van der Waals surface area contributed by atoms with E-state index in [2.05, 4.69) is 5.32 Å². The van der Waals surface area contributed by atoms with Crippen LogP contribution in [0.1, 0.15) is 51.9 Å². The first-order valence-electron chi connectivity index (χ1n) is 6.73. The zero-order valence-corrected chi connectivity index (χ0v) is 11.2. The van der Waals surface area contributed by atoms with E-state index in [1.807, 2.05) is 6.92 Å². The van der Waals surface area contributed by atoms with Gasteiger partial charge in [0.05, 0.1) is 0 Å². The Bertz CT molecular complexity index is 231. The first-order valence-corrected chi connectivity index (χ1v) is 6.73. The predicted octanol–water partition coefficient (Wildman–Crippen LogP) is 1.95. The Morgan fingerprint density at radius 3 is 2.44 bits per heavy atom. The molecule has 18 heavy (non-hydrogen) atoms. The normalized spacial score (nSPS) is 10.3. The summed E-state index contributed by atoms with van der Waals surface area (Å²) in [7, 11) is 0. The van der Waals surface area contributed by atoms with Crippen LogP contribution in [-0.4, -0.2) is 36.7 Å². The van der Waals surface area contributed by atoms with Crippen LogP contribution in [-0.2, 0) is 14.3 Å². The summed E-state index contributed by atoms with van der Waals surface area (Å²) in [5.41, 5.74) is 0. The van der Waals surface area contributed by atoms with Gasteiger partial charge in [0.1, 0.15) is 6.61 Å². The largest absolute Gasteiger partial charge is 0.481 e. The van der Waals surface area contributed by atoms with Gasteiger partial charge in [-0.1, -0.05) is 26.2 Å². The van der Waals surface area contributed by atoms with Crippen molar-refractivity contribution in [3.63, 3.8) is 0 Å². The van der Waals surface area contributed by atoms with E-state index in [0.717, 1.165) is 38.5 Å². The fourth-order valence-corrected chi connectivity index (χ4v) is 1.52. The third kappa shape index (κ3) is 13.0. The molecule has 0 atom stereocenters. The van der Waals surface area contributed by atoms with Crippen LogP contribution < -0.4 is 5.32 Å². The van der Waals surface area contributed by atoms with Crippen molar-refractivity contribution in [1.29, 1.82) is 0 Å². The maximum atomic E-state index is 11.2. The molecule has 0 aromatic rings. The summed E-state index contributed by atoms with van der Waals surface area (Å²) in [6, 6.07) is 0. The van der Waals surface area contributed by atoms with Crippen LogP contribution >= 0.6 is 0 Å². The lowest BCUT2D eigenvalue weighted by Gasteiger charge is -2.05. The molecule has 0 unspecified atom stereocenters. The monoisotopic (exact) mass is 259 g/mol. The van der Waals surface area contributed by atoms with Gasteiger partial charge >= 0.3 is 5.97 Å². The van der Waals surface area contributed by atoms with Gasteiger partial charge in [0.15, 0.2) is 0 Å². The molecule has 0 aliphatic carbocycles. The van der Waals surface area contributed by atoms with E-state index in [4.69, 9.17) is 9.84 Å². The Hall–Kier alpha value is -1.10. The SMILES string of the molecule is CCCOCC(=O)NCCCCCCCC(=O)O. The number of hydrogen-bond donors (Lipinski definition) is 2. The molecule has 0 aliphatic heterocycles. The Labute approximate surface area is 109 Å². The Kier molecular flexibility index (Phi) is 11.6. The number of nitrogens with one attached hydrogen (secondary N) is 1. The van der Waals surface area contributed by atoms with Gasteiger partial charge in [-0.3, -0.25) is 9.59 Å². The van der Waals surface area contributed by atoms with Crippen molar-refractivity contribution >= 4 is 11.9 Å². The van der Waals surface area contributed by atoms with Gasteiger partial charge in [-0.05, 0) is 19.3 Å². The molecule has 0 rings (SSSR count). The van der Waals surface area contributed by atoms with E-state index in [0.29, 0.717) is 13.2 Å². The van der Waals surface area contributed by atoms with Crippen molar-refractivity contribution in [3.05, 3.63) is 0 Å². The molecule has 5 heteroatoms. The molecule has 0 heterocycles. The molecule has 2 N–H and O–H groups in total. The molecule has 1 amide bonds. The van der Waals surface area contributed by atoms with Crippen LogP contribution in [0, 0.1) is 0 Å². The number of carbonyl (C=O) groups excluding carboxylic acids is 1. The Morgan fingerprint density at radius 1 is 1.11 bits per heavy atom. The smallest absolute Gasteiger partial charge is 0.303 e. The average Bonchev–Trinajstić information content (AvgIpc) is 2.32. The number of aliphatic carboxylic acids is 1. The number of unbranched alkanes of at least 4 members (excludes halogenated alkanes) is 4. The predicted molar refractivity (Wildman–Crippen MR) is 69.5 cm³/mol. The summed E-state index contributed by atoms with van der Waals surface area (Å²) >= 11 is 0. The minimum atomic E-state index is -0.727. The summed E-state index contributed by atoms with van der Waals surface area (Å²) in [6.45, 7) is 3.44. The van der Waals surface area contributed by atoms with Crippen molar-refractivity contribution in [3.8, 4) is 0 Å². The number of rotatable bonds is 12. The lowest BCUT2D eigenvalue weighted by Crippen LogP contribution is -2.28. The summed E-state index contributed by atoms with van der Waals surface area (Å²) in [5, 5.41) is 11.2. The zero-order valence-electron chi connectivity index (χ0n) is 11.2. The lowest BCUT2D eigenvalue weighted by atomic mass is 10.1. The highest BCUT2D eigenvalue weighted by atomic mass is 16.5. The van der Waals surface area contributed by atoms with E-state index in [-0.39, 0.29) is 18.9 Å². The van der Waals surface area contributed by atoms with Crippen LogP contribution in [0.2, 0.25) is 0 Å². The van der Waals surface area contributed by atoms with Gasteiger partial charge in [-0.15, -0.1) is 0 Å².